The minimum Gasteiger partial charge on any atom is -0.508 e. The molecule has 0 fully saturated rings. The van der Waals surface area contributed by atoms with Crippen LogP contribution in [0.4, 0.5) is 0 Å². The number of phenols is 1. The van der Waals surface area contributed by atoms with E-state index < -0.39 is 5.97 Å². The van der Waals surface area contributed by atoms with Crippen molar-refractivity contribution < 1.29 is 15.0 Å². The molecule has 0 radical (unpaired) electrons. The number of phenolic OH excluding ortho intramolecular Hbond substituents is 1. The van der Waals surface area contributed by atoms with E-state index in [0.717, 1.165) is 11.2 Å². The van der Waals surface area contributed by atoms with E-state index in [1.807, 2.05) is 25.3 Å². The third-order valence-electron chi connectivity index (χ3n) is 3.15. The Balaban J connectivity index is 2.94. The number of nitrogens with zero attached hydrogens (tertiary/aromatic N) is 1. The molecule has 0 amide bonds. The largest absolute Gasteiger partial charge is 0.508 e. The molecule has 0 bridgehead atoms. The van der Waals surface area contributed by atoms with E-state index in [1.165, 1.54) is 6.07 Å². The fourth-order valence-corrected chi connectivity index (χ4v) is 2.53. The smallest absolute Gasteiger partial charge is 0.338 e. The Morgan fingerprint density at radius 1 is 1.39 bits per heavy atom. The Labute approximate surface area is 105 Å². The third kappa shape index (κ3) is 1.74. The molecule has 1 heterocycles. The number of benzene rings is 1. The molecule has 0 atom stereocenters. The molecular formula is C14H17NO3. The number of hydrogen-bond donors (Lipinski definition) is 2. The highest BCUT2D eigenvalue weighted by molar-refractivity contribution is 6.05. The van der Waals surface area contributed by atoms with E-state index in [9.17, 15) is 15.0 Å². The highest BCUT2D eigenvalue weighted by Gasteiger charge is 2.22. The van der Waals surface area contributed by atoms with Crippen LogP contribution in [0, 0.1) is 0 Å². The Morgan fingerprint density at radius 2 is 2.06 bits per heavy atom. The topological polar surface area (TPSA) is 62.5 Å². The summed E-state index contributed by atoms with van der Waals surface area (Å²) in [5.74, 6) is -0.851. The van der Waals surface area contributed by atoms with Crippen LogP contribution in [-0.2, 0) is 6.42 Å². The zero-order chi connectivity index (χ0) is 13.4. The van der Waals surface area contributed by atoms with Crippen molar-refractivity contribution in [1.29, 1.82) is 0 Å². The van der Waals surface area contributed by atoms with Crippen LogP contribution < -0.4 is 0 Å². The van der Waals surface area contributed by atoms with Crippen LogP contribution in [0.25, 0.3) is 10.9 Å². The third-order valence-corrected chi connectivity index (χ3v) is 3.15. The van der Waals surface area contributed by atoms with Gasteiger partial charge in [0.2, 0.25) is 0 Å². The quantitative estimate of drug-likeness (QED) is 0.875. The Bertz CT molecular complexity index is 611. The first-order chi connectivity index (χ1) is 8.47. The molecule has 0 aliphatic carbocycles. The monoisotopic (exact) mass is 247 g/mol. The summed E-state index contributed by atoms with van der Waals surface area (Å²) in [5.41, 5.74) is 1.97. The molecule has 2 rings (SSSR count). The fraction of sp³-hybridized carbons (Fsp3) is 0.357. The number of carbonyl (C=O) groups is 1. The van der Waals surface area contributed by atoms with Crippen LogP contribution in [0.15, 0.2) is 18.2 Å². The normalized spacial score (nSPS) is 11.3. The molecule has 2 N–H and O–H groups in total. The van der Waals surface area contributed by atoms with Gasteiger partial charge >= 0.3 is 5.97 Å². The van der Waals surface area contributed by atoms with Crippen LogP contribution in [0.1, 0.15) is 42.9 Å². The highest BCUT2D eigenvalue weighted by atomic mass is 16.4. The molecule has 18 heavy (non-hydrogen) atoms. The van der Waals surface area contributed by atoms with Gasteiger partial charge in [-0.2, -0.15) is 0 Å². The van der Waals surface area contributed by atoms with Crippen molar-refractivity contribution in [2.75, 3.05) is 0 Å². The summed E-state index contributed by atoms with van der Waals surface area (Å²) < 4.78 is 2.03. The van der Waals surface area contributed by atoms with Gasteiger partial charge in [-0.15, -0.1) is 0 Å². The van der Waals surface area contributed by atoms with Gasteiger partial charge in [-0.25, -0.2) is 4.79 Å². The summed E-state index contributed by atoms with van der Waals surface area (Å²) in [4.78, 5) is 11.4. The Morgan fingerprint density at radius 3 is 2.56 bits per heavy atom. The molecule has 0 saturated heterocycles. The van der Waals surface area contributed by atoms with Gasteiger partial charge in [-0.3, -0.25) is 0 Å². The molecule has 4 heteroatoms. The second-order valence-corrected chi connectivity index (χ2v) is 4.65. The average molecular weight is 247 g/mol. The number of fused-ring (bicyclic) bond motifs is 1. The molecule has 0 aliphatic rings. The lowest BCUT2D eigenvalue weighted by molar-refractivity contribution is 0.0697. The summed E-state index contributed by atoms with van der Waals surface area (Å²) in [5, 5.41) is 19.5. The zero-order valence-electron chi connectivity index (χ0n) is 10.8. The van der Waals surface area contributed by atoms with Crippen LogP contribution in [0.3, 0.4) is 0 Å². The van der Waals surface area contributed by atoms with E-state index in [-0.39, 0.29) is 11.8 Å². The van der Waals surface area contributed by atoms with E-state index >= 15 is 0 Å². The number of carboxylic acids is 1. The molecule has 0 spiro atoms. The first-order valence-corrected chi connectivity index (χ1v) is 6.06. The number of carboxylic acid groups (broad SMARTS) is 1. The number of aromatic hydroxyl groups is 1. The predicted molar refractivity (Wildman–Crippen MR) is 70.3 cm³/mol. The van der Waals surface area contributed by atoms with E-state index in [2.05, 4.69) is 0 Å². The lowest BCUT2D eigenvalue weighted by Gasteiger charge is -2.13. The maximum Gasteiger partial charge on any atom is 0.338 e. The lowest BCUT2D eigenvalue weighted by atomic mass is 10.1. The second kappa shape index (κ2) is 4.37. The first kappa shape index (κ1) is 12.5. The number of rotatable bonds is 3. The van der Waals surface area contributed by atoms with Crippen LogP contribution in [0.5, 0.6) is 5.75 Å². The standard InChI is InChI=1S/C14H17NO3/c1-4-11-13(14(17)18)10-7-9(16)5-6-12(10)15(11)8(2)3/h5-8,16H,4H2,1-3H3,(H,17,18). The molecule has 96 valence electrons. The first-order valence-electron chi connectivity index (χ1n) is 6.06. The van der Waals surface area contributed by atoms with Gasteiger partial charge in [-0.1, -0.05) is 6.92 Å². The molecule has 4 nitrogen and oxygen atoms in total. The van der Waals surface area contributed by atoms with Gasteiger partial charge in [-0.05, 0) is 38.5 Å². The van der Waals surface area contributed by atoms with E-state index in [0.29, 0.717) is 17.4 Å². The Kier molecular flexibility index (Phi) is 3.03. The van der Waals surface area contributed by atoms with Crippen molar-refractivity contribution in [3.05, 3.63) is 29.5 Å². The molecule has 0 unspecified atom stereocenters. The van der Waals surface area contributed by atoms with Gasteiger partial charge in [0, 0.05) is 22.6 Å². The summed E-state index contributed by atoms with van der Waals surface area (Å²) in [6.07, 6.45) is 0.648. The van der Waals surface area contributed by atoms with Crippen molar-refractivity contribution in [3.63, 3.8) is 0 Å². The number of aromatic carboxylic acids is 1. The van der Waals surface area contributed by atoms with Crippen LogP contribution in [-0.4, -0.2) is 20.7 Å². The lowest BCUT2D eigenvalue weighted by Crippen LogP contribution is -2.08. The molecule has 1 aromatic heterocycles. The Hall–Kier alpha value is -1.97. The van der Waals surface area contributed by atoms with Crippen LogP contribution >= 0.6 is 0 Å². The highest BCUT2D eigenvalue weighted by Crippen LogP contribution is 2.32. The minimum absolute atomic E-state index is 0.0913. The molecule has 0 saturated carbocycles. The number of aromatic nitrogens is 1. The van der Waals surface area contributed by atoms with Crippen molar-refractivity contribution in [2.24, 2.45) is 0 Å². The van der Waals surface area contributed by atoms with Gasteiger partial charge in [0.05, 0.1) is 5.56 Å². The summed E-state index contributed by atoms with van der Waals surface area (Å²) in [6, 6.07) is 5.07. The maximum atomic E-state index is 11.4. The van der Waals surface area contributed by atoms with Crippen molar-refractivity contribution in [2.45, 2.75) is 33.2 Å². The van der Waals surface area contributed by atoms with Crippen molar-refractivity contribution in [3.8, 4) is 5.75 Å². The summed E-state index contributed by atoms with van der Waals surface area (Å²) >= 11 is 0. The average Bonchev–Trinajstić information content (AvgIpc) is 2.61. The van der Waals surface area contributed by atoms with Gasteiger partial charge in [0.15, 0.2) is 0 Å². The van der Waals surface area contributed by atoms with Crippen molar-refractivity contribution >= 4 is 16.9 Å². The maximum absolute atomic E-state index is 11.4. The van der Waals surface area contributed by atoms with Crippen LogP contribution in [0.2, 0.25) is 0 Å². The zero-order valence-corrected chi connectivity index (χ0v) is 10.8. The fourth-order valence-electron chi connectivity index (χ4n) is 2.53. The van der Waals surface area contributed by atoms with Gasteiger partial charge in [0.1, 0.15) is 5.75 Å². The van der Waals surface area contributed by atoms with E-state index in [4.69, 9.17) is 0 Å². The van der Waals surface area contributed by atoms with E-state index in [1.54, 1.807) is 12.1 Å². The number of hydrogen-bond acceptors (Lipinski definition) is 2. The van der Waals surface area contributed by atoms with Gasteiger partial charge < -0.3 is 14.8 Å². The molecule has 1 aromatic carbocycles. The molecular weight excluding hydrogens is 230 g/mol. The van der Waals surface area contributed by atoms with Gasteiger partial charge in [0.25, 0.3) is 0 Å². The molecule has 2 aromatic rings. The second-order valence-electron chi connectivity index (χ2n) is 4.65. The minimum atomic E-state index is -0.943. The predicted octanol–water partition coefficient (Wildman–Crippen LogP) is 3.19. The summed E-state index contributed by atoms with van der Waals surface area (Å²) in [7, 11) is 0. The van der Waals surface area contributed by atoms with Crippen molar-refractivity contribution in [1.82, 2.24) is 4.57 Å². The summed E-state index contributed by atoms with van der Waals surface area (Å²) in [6.45, 7) is 5.99. The molecule has 0 aliphatic heterocycles. The SMILES string of the molecule is CCc1c(C(=O)O)c2cc(O)ccc2n1C(C)C.